The number of anilines is 1. The molecule has 0 aliphatic heterocycles. The van der Waals surface area contributed by atoms with Gasteiger partial charge in [-0.3, -0.25) is 9.00 Å². The number of hydrogen-bond donors (Lipinski definition) is 0. The topological polar surface area (TPSA) is 78.3 Å². The molecule has 7 heteroatoms. The smallest absolute Gasteiger partial charge is 0.241 e. The Morgan fingerprint density at radius 1 is 1.06 bits per heavy atom. The summed E-state index contributed by atoms with van der Waals surface area (Å²) >= 11 is -2.67. The third kappa shape index (κ3) is 4.27. The lowest BCUT2D eigenvalue weighted by Crippen LogP contribution is -2.34. The number of fused-ring (bicyclic) bond motifs is 1. The van der Waals surface area contributed by atoms with Gasteiger partial charge in [-0.25, -0.2) is 9.29 Å². The van der Waals surface area contributed by atoms with Gasteiger partial charge >= 0.3 is 0 Å². The average molecular weight is 499 g/mol. The number of amides is 1. The van der Waals surface area contributed by atoms with Crippen LogP contribution in [0.2, 0.25) is 0 Å². The van der Waals surface area contributed by atoms with E-state index in [9.17, 15) is 13.6 Å². The molecule has 0 bridgehead atoms. The van der Waals surface area contributed by atoms with Crippen molar-refractivity contribution in [2.45, 2.75) is 52.0 Å². The van der Waals surface area contributed by atoms with Gasteiger partial charge in [-0.15, -0.1) is 0 Å². The molecule has 6 nitrogen and oxygen atoms in total. The summed E-state index contributed by atoms with van der Waals surface area (Å²) in [6.45, 7) is 4.92. The summed E-state index contributed by atoms with van der Waals surface area (Å²) in [4.78, 5) is 17.6. The Labute approximate surface area is 213 Å². The Hall–Kier alpha value is -3.29. The maximum atomic E-state index is 12.7. The van der Waals surface area contributed by atoms with E-state index >= 15 is 0 Å². The van der Waals surface area contributed by atoms with Crippen LogP contribution in [0.3, 0.4) is 0 Å². The molecule has 6 rings (SSSR count). The first-order valence-electron chi connectivity index (χ1n) is 12.5. The lowest BCUT2D eigenvalue weighted by Gasteiger charge is -2.26. The zero-order chi connectivity index (χ0) is 25.0. The van der Waals surface area contributed by atoms with Crippen molar-refractivity contribution in [3.63, 3.8) is 0 Å². The quantitative estimate of drug-likeness (QED) is 0.303. The van der Waals surface area contributed by atoms with E-state index in [4.69, 9.17) is 4.98 Å². The van der Waals surface area contributed by atoms with Crippen molar-refractivity contribution in [3.8, 4) is 11.1 Å². The molecular formula is C29H28N3O3S-. The van der Waals surface area contributed by atoms with Crippen LogP contribution in [-0.4, -0.2) is 24.2 Å². The Balaban J connectivity index is 1.34. The van der Waals surface area contributed by atoms with E-state index < -0.39 is 11.3 Å². The zero-order valence-corrected chi connectivity index (χ0v) is 21.3. The second kappa shape index (κ2) is 8.98. The van der Waals surface area contributed by atoms with E-state index in [1.54, 1.807) is 12.1 Å². The van der Waals surface area contributed by atoms with Crippen molar-refractivity contribution in [1.29, 1.82) is 0 Å². The minimum atomic E-state index is -2.67. The van der Waals surface area contributed by atoms with Crippen LogP contribution in [-0.2, 0) is 22.6 Å². The summed E-state index contributed by atoms with van der Waals surface area (Å²) in [6, 6.07) is 19.8. The molecule has 1 unspecified atom stereocenters. The molecule has 0 spiro atoms. The van der Waals surface area contributed by atoms with E-state index in [0.29, 0.717) is 11.6 Å². The van der Waals surface area contributed by atoms with Gasteiger partial charge in [0.2, 0.25) is 5.91 Å². The van der Waals surface area contributed by atoms with Crippen molar-refractivity contribution in [2.24, 2.45) is 5.92 Å². The third-order valence-electron chi connectivity index (χ3n) is 7.23. The summed E-state index contributed by atoms with van der Waals surface area (Å²) in [5, 5.41) is 1.22. The van der Waals surface area contributed by atoms with Crippen LogP contribution >= 0.6 is 0 Å². The molecule has 4 aromatic rings. The fourth-order valence-electron chi connectivity index (χ4n) is 5.08. The van der Waals surface area contributed by atoms with Gasteiger partial charge in [-0.2, -0.15) is 0 Å². The van der Waals surface area contributed by atoms with Crippen LogP contribution in [0.1, 0.15) is 54.1 Å². The number of pyridine rings is 1. The van der Waals surface area contributed by atoms with Crippen molar-refractivity contribution in [1.82, 2.24) is 9.55 Å². The minimum Gasteiger partial charge on any atom is -0.755 e. The number of aryl methyl sites for hydroxylation is 2. The van der Waals surface area contributed by atoms with Gasteiger partial charge in [-0.1, -0.05) is 42.5 Å². The number of benzene rings is 2. The standard InChI is InChI=1S/C29H29N3O3S/c1-18-15-19(2)30-28-25(18)16-27(22-11-12-22)31(28)17-20-7-9-21(10-8-20)24-5-3-4-6-26(24)32(36(34)35)29(33)23-13-14-23/h3-10,15-16,22-23H,11-14,17H2,1-2H3,(H,34,35)/p-1. The lowest BCUT2D eigenvalue weighted by atomic mass is 10.0. The number of hydrogen-bond acceptors (Lipinski definition) is 4. The first-order chi connectivity index (χ1) is 17.4. The fourth-order valence-corrected chi connectivity index (χ4v) is 5.69. The van der Waals surface area contributed by atoms with Gasteiger partial charge in [0.1, 0.15) is 5.65 Å². The second-order valence-electron chi connectivity index (χ2n) is 10.1. The molecule has 0 N–H and O–H groups in total. The highest BCUT2D eigenvalue weighted by molar-refractivity contribution is 7.81. The predicted octanol–water partition coefficient (Wildman–Crippen LogP) is 5.78. The number of rotatable bonds is 7. The van der Waals surface area contributed by atoms with Crippen molar-refractivity contribution in [3.05, 3.63) is 83.2 Å². The highest BCUT2D eigenvalue weighted by Gasteiger charge is 2.35. The molecule has 0 radical (unpaired) electrons. The van der Waals surface area contributed by atoms with E-state index in [2.05, 4.69) is 35.8 Å². The van der Waals surface area contributed by atoms with Crippen LogP contribution in [0.5, 0.6) is 0 Å². The van der Waals surface area contributed by atoms with E-state index in [0.717, 1.165) is 51.7 Å². The zero-order valence-electron chi connectivity index (χ0n) is 20.4. The first kappa shape index (κ1) is 23.1. The Kier molecular flexibility index (Phi) is 5.77. The number of carbonyl (C=O) groups is 1. The lowest BCUT2D eigenvalue weighted by molar-refractivity contribution is -0.118. The molecular weight excluding hydrogens is 470 g/mol. The number of para-hydroxylation sites is 1. The highest BCUT2D eigenvalue weighted by Crippen LogP contribution is 2.43. The maximum Gasteiger partial charge on any atom is 0.241 e. The molecule has 2 aromatic carbocycles. The largest absolute Gasteiger partial charge is 0.755 e. The highest BCUT2D eigenvalue weighted by atomic mass is 32.2. The van der Waals surface area contributed by atoms with Gasteiger partial charge in [0.05, 0.1) is 17.0 Å². The van der Waals surface area contributed by atoms with E-state index in [-0.39, 0.29) is 11.8 Å². The summed E-state index contributed by atoms with van der Waals surface area (Å²) in [7, 11) is 0. The maximum absolute atomic E-state index is 12.7. The molecule has 184 valence electrons. The van der Waals surface area contributed by atoms with Gasteiger partial charge in [0.25, 0.3) is 0 Å². The molecule has 36 heavy (non-hydrogen) atoms. The SMILES string of the molecule is Cc1cc(C)c2cc(C3CC3)n(Cc3ccc(-c4ccccc4N(C(=O)C4CC4)S(=O)[O-])cc3)c2n1. The molecule has 1 amide bonds. The normalized spacial score (nSPS) is 16.3. The predicted molar refractivity (Wildman–Crippen MR) is 141 cm³/mol. The average Bonchev–Trinajstić information content (AvgIpc) is 3.78. The van der Waals surface area contributed by atoms with Crippen LogP contribution in [0.15, 0.2) is 60.7 Å². The van der Waals surface area contributed by atoms with Crippen LogP contribution in [0.4, 0.5) is 5.69 Å². The van der Waals surface area contributed by atoms with Crippen LogP contribution in [0, 0.1) is 19.8 Å². The molecule has 2 aliphatic rings. The molecule has 2 aliphatic carbocycles. The Morgan fingerprint density at radius 2 is 1.78 bits per heavy atom. The van der Waals surface area contributed by atoms with E-state index in [1.165, 1.54) is 29.5 Å². The van der Waals surface area contributed by atoms with Gasteiger partial charge in [-0.05, 0) is 80.3 Å². The van der Waals surface area contributed by atoms with Crippen LogP contribution in [0.25, 0.3) is 22.2 Å². The molecule has 2 fully saturated rings. The molecule has 2 aromatic heterocycles. The number of nitrogens with zero attached hydrogens (tertiary/aromatic N) is 3. The first-order valence-corrected chi connectivity index (χ1v) is 13.5. The fraction of sp³-hybridized carbons (Fsp3) is 0.310. The summed E-state index contributed by atoms with van der Waals surface area (Å²) < 4.78 is 27.3. The van der Waals surface area contributed by atoms with Gasteiger partial charge < -0.3 is 9.12 Å². The monoisotopic (exact) mass is 498 g/mol. The minimum absolute atomic E-state index is 0.198. The van der Waals surface area contributed by atoms with Crippen molar-refractivity contribution >= 4 is 33.9 Å². The van der Waals surface area contributed by atoms with Crippen LogP contribution < -0.4 is 4.31 Å². The molecule has 1 atom stereocenters. The second-order valence-corrected chi connectivity index (χ2v) is 10.9. The van der Waals surface area contributed by atoms with Crippen molar-refractivity contribution in [2.75, 3.05) is 4.31 Å². The van der Waals surface area contributed by atoms with Gasteiger partial charge in [0.15, 0.2) is 0 Å². The van der Waals surface area contributed by atoms with Crippen molar-refractivity contribution < 1.29 is 13.6 Å². The number of aromatic nitrogens is 2. The number of carbonyl (C=O) groups excluding carboxylic acids is 1. The third-order valence-corrected chi connectivity index (χ3v) is 7.91. The van der Waals surface area contributed by atoms with Gasteiger partial charge in [0, 0.05) is 34.8 Å². The Bertz CT molecular complexity index is 1500. The summed E-state index contributed by atoms with van der Waals surface area (Å²) in [5.74, 6) is 0.0573. The molecule has 2 saturated carbocycles. The molecule has 2 heterocycles. The molecule has 0 saturated heterocycles. The van der Waals surface area contributed by atoms with E-state index in [1.807, 2.05) is 31.2 Å². The summed E-state index contributed by atoms with van der Waals surface area (Å²) in [5.41, 5.74) is 7.82. The Morgan fingerprint density at radius 3 is 2.44 bits per heavy atom. The summed E-state index contributed by atoms with van der Waals surface area (Å²) in [6.07, 6.45) is 3.94.